The number of nitrogens with zero attached hydrogens (tertiary/aromatic N) is 1. The normalized spacial score (nSPS) is 11.0. The van der Waals surface area contributed by atoms with Gasteiger partial charge in [-0.1, -0.05) is 27.5 Å². The van der Waals surface area contributed by atoms with Crippen LogP contribution in [0.2, 0.25) is 5.15 Å². The molecular weight excluding hydrogens is 279 g/mol. The largest absolute Gasteiger partial charge is 0.392 e. The summed E-state index contributed by atoms with van der Waals surface area (Å²) in [5.74, 6) is 0. The van der Waals surface area contributed by atoms with Gasteiger partial charge < -0.3 is 5.11 Å². The predicted octanol–water partition coefficient (Wildman–Crippen LogP) is 3.06. The molecule has 0 saturated heterocycles. The van der Waals surface area contributed by atoms with E-state index in [0.717, 1.165) is 6.07 Å². The topological polar surface area (TPSA) is 33.1 Å². The Morgan fingerprint density at radius 1 is 1.57 bits per heavy atom. The van der Waals surface area contributed by atoms with E-state index in [1.54, 1.807) is 0 Å². The van der Waals surface area contributed by atoms with E-state index in [1.165, 1.54) is 0 Å². The first-order valence-corrected chi connectivity index (χ1v) is 5.23. The van der Waals surface area contributed by atoms with E-state index >= 15 is 0 Å². The zero-order valence-electron chi connectivity index (χ0n) is 6.98. The highest BCUT2D eigenvalue weighted by molar-refractivity contribution is 9.08. The Hall–Kier alpha value is -0.260. The van der Waals surface area contributed by atoms with Crippen LogP contribution < -0.4 is 0 Å². The lowest BCUT2D eigenvalue weighted by molar-refractivity contribution is 0.145. The van der Waals surface area contributed by atoms with Gasteiger partial charge in [0.15, 0.2) is 0 Å². The second kappa shape index (κ2) is 5.00. The summed E-state index contributed by atoms with van der Waals surface area (Å²) in [4.78, 5) is 3.53. The zero-order chi connectivity index (χ0) is 10.7. The van der Waals surface area contributed by atoms with Crippen LogP contribution in [0.15, 0.2) is 6.07 Å². The summed E-state index contributed by atoms with van der Waals surface area (Å²) < 4.78 is 24.6. The Kier molecular flexibility index (Phi) is 4.22. The number of halogens is 4. The fourth-order valence-electron chi connectivity index (χ4n) is 1.01. The van der Waals surface area contributed by atoms with E-state index < -0.39 is 12.1 Å². The zero-order valence-corrected chi connectivity index (χ0v) is 9.32. The molecule has 0 saturated carbocycles. The van der Waals surface area contributed by atoms with Crippen molar-refractivity contribution in [3.8, 4) is 0 Å². The maximum atomic E-state index is 12.3. The van der Waals surface area contributed by atoms with E-state index in [9.17, 15) is 8.78 Å². The Morgan fingerprint density at radius 3 is 2.64 bits per heavy atom. The van der Waals surface area contributed by atoms with E-state index in [1.807, 2.05) is 0 Å². The first-order chi connectivity index (χ1) is 6.60. The molecule has 0 aliphatic heterocycles. The third-order valence-electron chi connectivity index (χ3n) is 1.71. The SMILES string of the molecule is OCc1cc(C(F)F)nc(Cl)c1CBr. The van der Waals surface area contributed by atoms with E-state index in [-0.39, 0.29) is 11.8 Å². The van der Waals surface area contributed by atoms with E-state index in [2.05, 4.69) is 20.9 Å². The van der Waals surface area contributed by atoms with Crippen molar-refractivity contribution in [1.82, 2.24) is 4.98 Å². The van der Waals surface area contributed by atoms with Gasteiger partial charge in [-0.25, -0.2) is 13.8 Å². The van der Waals surface area contributed by atoms with Crippen molar-refractivity contribution in [2.45, 2.75) is 18.4 Å². The molecule has 1 N–H and O–H groups in total. The Morgan fingerprint density at radius 2 is 2.21 bits per heavy atom. The molecule has 1 rings (SSSR count). The lowest BCUT2D eigenvalue weighted by Crippen LogP contribution is -2.00. The van der Waals surface area contributed by atoms with Gasteiger partial charge in [0.25, 0.3) is 6.43 Å². The van der Waals surface area contributed by atoms with Crippen molar-refractivity contribution in [2.24, 2.45) is 0 Å². The summed E-state index contributed by atoms with van der Waals surface area (Å²) in [6.45, 7) is -0.330. The molecule has 0 amide bonds. The van der Waals surface area contributed by atoms with Gasteiger partial charge in [0.1, 0.15) is 10.8 Å². The molecule has 1 aromatic rings. The van der Waals surface area contributed by atoms with Gasteiger partial charge in [0.2, 0.25) is 0 Å². The first-order valence-electron chi connectivity index (χ1n) is 3.73. The standard InChI is InChI=1S/C8H7BrClF2NO/c9-2-5-4(3-14)1-6(8(11)12)13-7(5)10/h1,8,14H,2-3H2. The molecular formula is C8H7BrClF2NO. The highest BCUT2D eigenvalue weighted by atomic mass is 79.9. The van der Waals surface area contributed by atoms with Crippen molar-refractivity contribution < 1.29 is 13.9 Å². The number of hydrogen-bond donors (Lipinski definition) is 1. The average molecular weight is 287 g/mol. The van der Waals surface area contributed by atoms with Gasteiger partial charge in [-0.2, -0.15) is 0 Å². The maximum absolute atomic E-state index is 12.3. The molecule has 1 aromatic heterocycles. The highest BCUT2D eigenvalue weighted by Gasteiger charge is 2.15. The van der Waals surface area contributed by atoms with Gasteiger partial charge in [-0.15, -0.1) is 0 Å². The molecule has 0 fully saturated rings. The van der Waals surface area contributed by atoms with E-state index in [4.69, 9.17) is 16.7 Å². The average Bonchev–Trinajstić information content (AvgIpc) is 2.16. The van der Waals surface area contributed by atoms with Crippen LogP contribution in [0, 0.1) is 0 Å². The van der Waals surface area contributed by atoms with Gasteiger partial charge in [0.05, 0.1) is 6.61 Å². The Labute approximate surface area is 93.0 Å². The summed E-state index contributed by atoms with van der Waals surface area (Å²) in [7, 11) is 0. The van der Waals surface area contributed by atoms with Crippen molar-refractivity contribution in [3.63, 3.8) is 0 Å². The lowest BCUT2D eigenvalue weighted by atomic mass is 10.1. The van der Waals surface area contributed by atoms with E-state index in [0.29, 0.717) is 16.5 Å². The second-order valence-electron chi connectivity index (χ2n) is 2.57. The fourth-order valence-corrected chi connectivity index (χ4v) is 2.08. The number of rotatable bonds is 3. The van der Waals surface area contributed by atoms with Crippen LogP contribution in [0.3, 0.4) is 0 Å². The highest BCUT2D eigenvalue weighted by Crippen LogP contribution is 2.26. The van der Waals surface area contributed by atoms with Crippen LogP contribution >= 0.6 is 27.5 Å². The minimum Gasteiger partial charge on any atom is -0.392 e. The second-order valence-corrected chi connectivity index (χ2v) is 3.49. The number of aliphatic hydroxyl groups excluding tert-OH is 1. The van der Waals surface area contributed by atoms with Crippen LogP contribution in [0.4, 0.5) is 8.78 Å². The van der Waals surface area contributed by atoms with Crippen molar-refractivity contribution >= 4 is 27.5 Å². The third kappa shape index (κ3) is 2.40. The third-order valence-corrected chi connectivity index (χ3v) is 2.59. The van der Waals surface area contributed by atoms with Crippen molar-refractivity contribution in [2.75, 3.05) is 0 Å². The van der Waals surface area contributed by atoms with Gasteiger partial charge in [-0.05, 0) is 11.6 Å². The molecule has 0 spiro atoms. The monoisotopic (exact) mass is 285 g/mol. The molecule has 78 valence electrons. The molecule has 0 aromatic carbocycles. The number of aliphatic hydroxyl groups is 1. The number of hydrogen-bond acceptors (Lipinski definition) is 2. The number of alkyl halides is 3. The quantitative estimate of drug-likeness (QED) is 0.684. The summed E-state index contributed by atoms with van der Waals surface area (Å²) in [6.07, 6.45) is -2.68. The molecule has 0 aliphatic rings. The maximum Gasteiger partial charge on any atom is 0.280 e. The fraction of sp³-hybridized carbons (Fsp3) is 0.375. The van der Waals surface area contributed by atoms with Gasteiger partial charge in [0, 0.05) is 10.9 Å². The molecule has 0 bridgehead atoms. The molecule has 0 unspecified atom stereocenters. The van der Waals surface area contributed by atoms with Crippen molar-refractivity contribution in [3.05, 3.63) is 28.0 Å². The van der Waals surface area contributed by atoms with Gasteiger partial charge in [-0.3, -0.25) is 0 Å². The smallest absolute Gasteiger partial charge is 0.280 e. The summed E-state index contributed by atoms with van der Waals surface area (Å²) in [6, 6.07) is 1.16. The van der Waals surface area contributed by atoms with Crippen LogP contribution in [0.5, 0.6) is 0 Å². The minimum atomic E-state index is -2.68. The minimum absolute atomic E-state index is 0.00345. The Balaban J connectivity index is 3.24. The molecule has 0 atom stereocenters. The number of pyridine rings is 1. The molecule has 1 heterocycles. The molecule has 0 radical (unpaired) electrons. The summed E-state index contributed by atoms with van der Waals surface area (Å²) >= 11 is 8.81. The molecule has 0 aliphatic carbocycles. The molecule has 2 nitrogen and oxygen atoms in total. The van der Waals surface area contributed by atoms with Crippen LogP contribution in [-0.4, -0.2) is 10.1 Å². The van der Waals surface area contributed by atoms with Crippen LogP contribution in [-0.2, 0) is 11.9 Å². The van der Waals surface area contributed by atoms with Crippen molar-refractivity contribution in [1.29, 1.82) is 0 Å². The first kappa shape index (κ1) is 11.8. The molecule has 6 heteroatoms. The predicted molar refractivity (Wildman–Crippen MR) is 52.8 cm³/mol. The molecule has 14 heavy (non-hydrogen) atoms. The number of aromatic nitrogens is 1. The Bertz CT molecular complexity index is 335. The van der Waals surface area contributed by atoms with Gasteiger partial charge >= 0.3 is 0 Å². The lowest BCUT2D eigenvalue weighted by Gasteiger charge is -2.08. The van der Waals surface area contributed by atoms with Crippen LogP contribution in [0.1, 0.15) is 23.2 Å². The summed E-state index contributed by atoms with van der Waals surface area (Å²) in [5.41, 5.74) is 0.500. The van der Waals surface area contributed by atoms with Crippen LogP contribution in [0.25, 0.3) is 0 Å². The summed E-state index contributed by atoms with van der Waals surface area (Å²) in [5, 5.41) is 9.30.